The van der Waals surface area contributed by atoms with Crippen LogP contribution in [0.2, 0.25) is 5.02 Å². The van der Waals surface area contributed by atoms with Gasteiger partial charge in [0.05, 0.1) is 29.2 Å². The van der Waals surface area contributed by atoms with Crippen LogP contribution in [0.3, 0.4) is 0 Å². The fourth-order valence-corrected chi connectivity index (χ4v) is 4.18. The summed E-state index contributed by atoms with van der Waals surface area (Å²) in [6.45, 7) is 0.789. The number of hydrogen-bond acceptors (Lipinski definition) is 5. The van der Waals surface area contributed by atoms with Crippen LogP contribution in [-0.4, -0.2) is 40.7 Å². The first kappa shape index (κ1) is 20.5. The number of methoxy groups -OCH3 is 1. The minimum atomic E-state index is -3.85. The summed E-state index contributed by atoms with van der Waals surface area (Å²) >= 11 is 5.72. The Balaban J connectivity index is 1.87. The third-order valence-corrected chi connectivity index (χ3v) is 5.96. The van der Waals surface area contributed by atoms with Gasteiger partial charge in [-0.25, -0.2) is 17.5 Å². The Kier molecular flexibility index (Phi) is 6.19. The zero-order chi connectivity index (χ0) is 20.3. The molecule has 1 atom stereocenters. The van der Waals surface area contributed by atoms with Gasteiger partial charge in [0.25, 0.3) is 5.91 Å². The Labute approximate surface area is 166 Å². The second kappa shape index (κ2) is 8.44. The maximum absolute atomic E-state index is 13.3. The lowest BCUT2D eigenvalue weighted by molar-refractivity contribution is 0.102. The number of amides is 1. The van der Waals surface area contributed by atoms with E-state index in [0.29, 0.717) is 19.6 Å². The minimum Gasteiger partial charge on any atom is -0.496 e. The van der Waals surface area contributed by atoms with Crippen molar-refractivity contribution in [2.24, 2.45) is 0 Å². The van der Waals surface area contributed by atoms with E-state index in [0.717, 1.165) is 6.07 Å². The number of nitrogens with one attached hydrogen (secondary N) is 2. The molecule has 1 saturated heterocycles. The number of anilines is 1. The van der Waals surface area contributed by atoms with Gasteiger partial charge in [0.1, 0.15) is 11.6 Å². The van der Waals surface area contributed by atoms with E-state index in [1.54, 1.807) is 0 Å². The Hall–Kier alpha value is -2.20. The van der Waals surface area contributed by atoms with Gasteiger partial charge in [-0.05, 0) is 42.8 Å². The van der Waals surface area contributed by atoms with Crippen molar-refractivity contribution >= 4 is 33.2 Å². The summed E-state index contributed by atoms with van der Waals surface area (Å²) in [4.78, 5) is 12.6. The third-order valence-electron chi connectivity index (χ3n) is 4.15. The fraction of sp³-hybridized carbons (Fsp3) is 0.278. The lowest BCUT2D eigenvalue weighted by Gasteiger charge is -2.14. The molecular weight excluding hydrogens is 411 g/mol. The molecule has 0 bridgehead atoms. The van der Waals surface area contributed by atoms with E-state index in [1.807, 2.05) is 0 Å². The van der Waals surface area contributed by atoms with Gasteiger partial charge in [-0.2, -0.15) is 0 Å². The highest BCUT2D eigenvalue weighted by Gasteiger charge is 2.25. The van der Waals surface area contributed by atoms with Gasteiger partial charge in [0.2, 0.25) is 10.0 Å². The predicted molar refractivity (Wildman–Crippen MR) is 102 cm³/mol. The summed E-state index contributed by atoms with van der Waals surface area (Å²) in [5.41, 5.74) is 0.265. The number of carbonyl (C=O) groups is 1. The molecule has 1 amide bonds. The topological polar surface area (TPSA) is 93.7 Å². The average molecular weight is 429 g/mol. The van der Waals surface area contributed by atoms with E-state index in [1.165, 1.54) is 37.4 Å². The summed E-state index contributed by atoms with van der Waals surface area (Å²) in [7, 11) is -2.48. The highest BCUT2D eigenvalue weighted by molar-refractivity contribution is 7.89. The molecule has 28 heavy (non-hydrogen) atoms. The van der Waals surface area contributed by atoms with Gasteiger partial charge in [-0.3, -0.25) is 4.79 Å². The lowest BCUT2D eigenvalue weighted by atomic mass is 10.2. The minimum absolute atomic E-state index is 0.00787. The van der Waals surface area contributed by atoms with Crippen molar-refractivity contribution in [3.63, 3.8) is 0 Å². The normalized spacial score (nSPS) is 16.8. The molecule has 0 radical (unpaired) electrons. The van der Waals surface area contributed by atoms with Crippen LogP contribution in [0.15, 0.2) is 41.3 Å². The highest BCUT2D eigenvalue weighted by Crippen LogP contribution is 2.25. The zero-order valence-electron chi connectivity index (χ0n) is 14.9. The van der Waals surface area contributed by atoms with E-state index in [2.05, 4.69) is 10.0 Å². The highest BCUT2D eigenvalue weighted by atomic mass is 35.5. The van der Waals surface area contributed by atoms with Gasteiger partial charge in [-0.1, -0.05) is 11.6 Å². The quantitative estimate of drug-likeness (QED) is 0.737. The Morgan fingerprint density at radius 3 is 2.71 bits per heavy atom. The number of sulfonamides is 1. The van der Waals surface area contributed by atoms with Crippen LogP contribution in [0.4, 0.5) is 10.1 Å². The number of carbonyl (C=O) groups excluding carboxylic acids is 1. The molecule has 1 fully saturated rings. The molecule has 0 saturated carbocycles. The smallest absolute Gasteiger partial charge is 0.259 e. The van der Waals surface area contributed by atoms with Crippen LogP contribution in [0.5, 0.6) is 5.75 Å². The molecule has 1 heterocycles. The van der Waals surface area contributed by atoms with Crippen molar-refractivity contribution in [3.05, 3.63) is 52.8 Å². The second-order valence-electron chi connectivity index (χ2n) is 6.13. The van der Waals surface area contributed by atoms with Crippen molar-refractivity contribution in [2.75, 3.05) is 25.6 Å². The second-order valence-corrected chi connectivity index (χ2v) is 8.25. The van der Waals surface area contributed by atoms with Crippen LogP contribution >= 0.6 is 11.6 Å². The number of hydrogen-bond donors (Lipinski definition) is 2. The van der Waals surface area contributed by atoms with Crippen LogP contribution in [0.1, 0.15) is 16.8 Å². The average Bonchev–Trinajstić information content (AvgIpc) is 3.16. The van der Waals surface area contributed by atoms with Crippen LogP contribution in [0.25, 0.3) is 0 Å². The van der Waals surface area contributed by atoms with E-state index in [4.69, 9.17) is 21.1 Å². The molecule has 0 aromatic heterocycles. The van der Waals surface area contributed by atoms with Gasteiger partial charge in [0.15, 0.2) is 0 Å². The Morgan fingerprint density at radius 1 is 1.29 bits per heavy atom. The molecule has 0 spiro atoms. The number of benzene rings is 2. The molecule has 2 aromatic carbocycles. The first-order chi connectivity index (χ1) is 13.3. The van der Waals surface area contributed by atoms with Gasteiger partial charge >= 0.3 is 0 Å². The molecule has 1 aliphatic heterocycles. The van der Waals surface area contributed by atoms with Gasteiger partial charge in [0, 0.05) is 18.3 Å². The summed E-state index contributed by atoms with van der Waals surface area (Å²) in [6.07, 6.45) is 0.577. The van der Waals surface area contributed by atoms with E-state index in [9.17, 15) is 17.6 Å². The first-order valence-electron chi connectivity index (χ1n) is 8.34. The summed E-state index contributed by atoms with van der Waals surface area (Å²) < 4.78 is 51.4. The van der Waals surface area contributed by atoms with Crippen LogP contribution in [-0.2, 0) is 14.8 Å². The lowest BCUT2D eigenvalue weighted by Crippen LogP contribution is -2.35. The Bertz CT molecular complexity index is 993. The molecule has 2 aromatic rings. The molecular formula is C18H18ClFN2O5S. The van der Waals surface area contributed by atoms with Crippen molar-refractivity contribution in [2.45, 2.75) is 17.4 Å². The molecule has 7 nitrogen and oxygen atoms in total. The largest absolute Gasteiger partial charge is 0.496 e. The standard InChI is InChI=1S/C18H18ClFN2O5S/c1-26-17-5-3-13(28(24,25)22-12-6-7-27-10-12)9-14(17)18(23)21-11-2-4-16(20)15(19)8-11/h2-5,8-9,12,22H,6-7,10H2,1H3,(H,21,23)/t12-/m0/s1. The van der Waals surface area contributed by atoms with E-state index in [-0.39, 0.29) is 33.0 Å². The van der Waals surface area contributed by atoms with Gasteiger partial charge < -0.3 is 14.8 Å². The number of rotatable bonds is 6. The summed E-state index contributed by atoms with van der Waals surface area (Å²) in [5.74, 6) is -1.05. The fourth-order valence-electron chi connectivity index (χ4n) is 2.72. The monoisotopic (exact) mass is 428 g/mol. The predicted octanol–water partition coefficient (Wildman–Crippen LogP) is 2.81. The summed E-state index contributed by atoms with van der Waals surface area (Å²) in [5, 5.41) is 2.40. The maximum atomic E-state index is 13.3. The van der Waals surface area contributed by atoms with Crippen LogP contribution in [0, 0.1) is 5.82 Å². The maximum Gasteiger partial charge on any atom is 0.259 e. The molecule has 1 aliphatic rings. The molecule has 150 valence electrons. The van der Waals surface area contributed by atoms with Crippen molar-refractivity contribution in [1.82, 2.24) is 4.72 Å². The zero-order valence-corrected chi connectivity index (χ0v) is 16.4. The molecule has 2 N–H and O–H groups in total. The van der Waals surface area contributed by atoms with E-state index < -0.39 is 21.7 Å². The third kappa shape index (κ3) is 4.61. The Morgan fingerprint density at radius 2 is 2.07 bits per heavy atom. The van der Waals surface area contributed by atoms with Crippen molar-refractivity contribution in [1.29, 1.82) is 0 Å². The van der Waals surface area contributed by atoms with E-state index >= 15 is 0 Å². The molecule has 0 aliphatic carbocycles. The van der Waals surface area contributed by atoms with Crippen LogP contribution < -0.4 is 14.8 Å². The van der Waals surface area contributed by atoms with Crippen molar-refractivity contribution < 1.29 is 27.1 Å². The molecule has 10 heteroatoms. The van der Waals surface area contributed by atoms with Gasteiger partial charge in [-0.15, -0.1) is 0 Å². The summed E-state index contributed by atoms with van der Waals surface area (Å²) in [6, 6.07) is 7.36. The SMILES string of the molecule is COc1ccc(S(=O)(=O)N[C@H]2CCOC2)cc1C(=O)Nc1ccc(F)c(Cl)c1. The molecule has 3 rings (SSSR count). The van der Waals surface area contributed by atoms with Crippen molar-refractivity contribution in [3.8, 4) is 5.75 Å². The number of ether oxygens (including phenoxy) is 2. The number of halogens is 2. The first-order valence-corrected chi connectivity index (χ1v) is 10.2. The molecule has 0 unspecified atom stereocenters.